The van der Waals surface area contributed by atoms with Crippen molar-refractivity contribution in [2.45, 2.75) is 20.0 Å². The third-order valence-electron chi connectivity index (χ3n) is 1.73. The standard InChI is InChI=1S/C11H12Cl2O2/c1-7(2)15-11-4-3-8(13)5-9(11)10(14)6-12/h3-5,7H,6H2,1-2H3. The molecule has 0 N–H and O–H groups in total. The molecule has 0 aliphatic rings. The molecule has 0 heterocycles. The molecule has 4 heteroatoms. The SMILES string of the molecule is CC(C)Oc1ccc(Cl)cc1C(=O)CCl. The fraction of sp³-hybridized carbons (Fsp3) is 0.364. The maximum atomic E-state index is 11.5. The minimum absolute atomic E-state index is 0.00745. The van der Waals surface area contributed by atoms with Crippen LogP contribution in [0.1, 0.15) is 24.2 Å². The van der Waals surface area contributed by atoms with E-state index in [1.54, 1.807) is 18.2 Å². The molecular formula is C11H12Cl2O2. The van der Waals surface area contributed by atoms with E-state index in [2.05, 4.69) is 0 Å². The fourth-order valence-corrected chi connectivity index (χ4v) is 1.46. The molecule has 0 amide bonds. The summed E-state index contributed by atoms with van der Waals surface area (Å²) in [6, 6.07) is 4.94. The Balaban J connectivity index is 3.08. The number of halogens is 2. The van der Waals surface area contributed by atoms with E-state index in [9.17, 15) is 4.79 Å². The van der Waals surface area contributed by atoms with E-state index in [-0.39, 0.29) is 17.8 Å². The van der Waals surface area contributed by atoms with Gasteiger partial charge in [-0.2, -0.15) is 0 Å². The van der Waals surface area contributed by atoms with E-state index >= 15 is 0 Å². The smallest absolute Gasteiger partial charge is 0.181 e. The van der Waals surface area contributed by atoms with E-state index in [0.29, 0.717) is 16.3 Å². The highest BCUT2D eigenvalue weighted by atomic mass is 35.5. The van der Waals surface area contributed by atoms with Gasteiger partial charge in [-0.1, -0.05) is 11.6 Å². The molecule has 1 aromatic rings. The summed E-state index contributed by atoms with van der Waals surface area (Å²) in [4.78, 5) is 11.5. The second-order valence-electron chi connectivity index (χ2n) is 3.36. The van der Waals surface area contributed by atoms with Crippen molar-refractivity contribution in [2.24, 2.45) is 0 Å². The summed E-state index contributed by atoms with van der Waals surface area (Å²) in [6.45, 7) is 3.78. The van der Waals surface area contributed by atoms with E-state index in [1.807, 2.05) is 13.8 Å². The van der Waals surface area contributed by atoms with Gasteiger partial charge in [-0.15, -0.1) is 11.6 Å². The van der Waals surface area contributed by atoms with Crippen LogP contribution in [0.5, 0.6) is 5.75 Å². The summed E-state index contributed by atoms with van der Waals surface area (Å²) in [5, 5.41) is 0.500. The number of rotatable bonds is 4. The van der Waals surface area contributed by atoms with Crippen LogP contribution in [-0.4, -0.2) is 17.8 Å². The average Bonchev–Trinajstić information content (AvgIpc) is 2.19. The Morgan fingerprint density at radius 2 is 2.13 bits per heavy atom. The van der Waals surface area contributed by atoms with Crippen molar-refractivity contribution in [3.63, 3.8) is 0 Å². The maximum absolute atomic E-state index is 11.5. The highest BCUT2D eigenvalue weighted by Crippen LogP contribution is 2.24. The summed E-state index contributed by atoms with van der Waals surface area (Å²) in [7, 11) is 0. The number of ether oxygens (including phenoxy) is 1. The molecule has 0 saturated heterocycles. The zero-order chi connectivity index (χ0) is 11.4. The third kappa shape index (κ3) is 3.40. The second-order valence-corrected chi connectivity index (χ2v) is 4.07. The number of alkyl halides is 1. The van der Waals surface area contributed by atoms with Gasteiger partial charge in [0.15, 0.2) is 5.78 Å². The molecule has 15 heavy (non-hydrogen) atoms. The lowest BCUT2D eigenvalue weighted by molar-refractivity contribution is 0.101. The number of carbonyl (C=O) groups is 1. The maximum Gasteiger partial charge on any atom is 0.181 e. The molecule has 0 saturated carbocycles. The highest BCUT2D eigenvalue weighted by Gasteiger charge is 2.13. The van der Waals surface area contributed by atoms with Crippen LogP contribution in [0.2, 0.25) is 5.02 Å². The van der Waals surface area contributed by atoms with Crippen LogP contribution in [0.15, 0.2) is 18.2 Å². The first-order chi connectivity index (χ1) is 7.04. The van der Waals surface area contributed by atoms with E-state index in [4.69, 9.17) is 27.9 Å². The largest absolute Gasteiger partial charge is 0.490 e. The Hall–Kier alpha value is -0.730. The molecule has 0 spiro atoms. The van der Waals surface area contributed by atoms with Crippen LogP contribution in [0.4, 0.5) is 0 Å². The first-order valence-corrected chi connectivity index (χ1v) is 5.51. The van der Waals surface area contributed by atoms with Crippen molar-refractivity contribution in [3.05, 3.63) is 28.8 Å². The molecule has 0 aromatic heterocycles. The van der Waals surface area contributed by atoms with Gasteiger partial charge in [-0.25, -0.2) is 0 Å². The van der Waals surface area contributed by atoms with Crippen molar-refractivity contribution in [1.82, 2.24) is 0 Å². The predicted octanol–water partition coefficient (Wildman–Crippen LogP) is 3.55. The normalized spacial score (nSPS) is 10.5. The fourth-order valence-electron chi connectivity index (χ4n) is 1.15. The number of Topliss-reactive ketones (excluding diaryl/α,β-unsaturated/α-hetero) is 1. The second kappa shape index (κ2) is 5.38. The van der Waals surface area contributed by atoms with Gasteiger partial charge in [0.2, 0.25) is 0 Å². The number of hydrogen-bond donors (Lipinski definition) is 0. The molecule has 1 rings (SSSR count). The minimum Gasteiger partial charge on any atom is -0.490 e. The first-order valence-electron chi connectivity index (χ1n) is 4.60. The highest BCUT2D eigenvalue weighted by molar-refractivity contribution is 6.33. The Labute approximate surface area is 99.1 Å². The molecule has 0 bridgehead atoms. The summed E-state index contributed by atoms with van der Waals surface area (Å²) >= 11 is 11.3. The van der Waals surface area contributed by atoms with Crippen molar-refractivity contribution < 1.29 is 9.53 Å². The number of benzene rings is 1. The van der Waals surface area contributed by atoms with Gasteiger partial charge in [0, 0.05) is 5.02 Å². The molecular weight excluding hydrogens is 235 g/mol. The topological polar surface area (TPSA) is 26.3 Å². The Kier molecular flexibility index (Phi) is 4.43. The number of ketones is 1. The van der Waals surface area contributed by atoms with Crippen molar-refractivity contribution in [2.75, 3.05) is 5.88 Å². The van der Waals surface area contributed by atoms with Crippen LogP contribution in [-0.2, 0) is 0 Å². The molecule has 0 aliphatic carbocycles. The van der Waals surface area contributed by atoms with Gasteiger partial charge in [-0.3, -0.25) is 4.79 Å². The lowest BCUT2D eigenvalue weighted by Crippen LogP contribution is -2.10. The van der Waals surface area contributed by atoms with Gasteiger partial charge < -0.3 is 4.74 Å². The van der Waals surface area contributed by atoms with Crippen LogP contribution >= 0.6 is 23.2 Å². The third-order valence-corrected chi connectivity index (χ3v) is 2.20. The van der Waals surface area contributed by atoms with Gasteiger partial charge >= 0.3 is 0 Å². The molecule has 0 aliphatic heterocycles. The van der Waals surface area contributed by atoms with Crippen molar-refractivity contribution in [1.29, 1.82) is 0 Å². The molecule has 2 nitrogen and oxygen atoms in total. The summed E-state index contributed by atoms with van der Waals surface area (Å²) in [6.07, 6.45) is 0.00745. The predicted molar refractivity (Wildman–Crippen MR) is 62.3 cm³/mol. The van der Waals surface area contributed by atoms with Gasteiger partial charge in [0.25, 0.3) is 0 Å². The molecule has 1 aromatic carbocycles. The van der Waals surface area contributed by atoms with Crippen LogP contribution < -0.4 is 4.74 Å². The van der Waals surface area contributed by atoms with E-state index in [0.717, 1.165) is 0 Å². The zero-order valence-corrected chi connectivity index (χ0v) is 10.1. The summed E-state index contributed by atoms with van der Waals surface area (Å²) < 4.78 is 5.49. The zero-order valence-electron chi connectivity index (χ0n) is 8.59. The molecule has 0 atom stereocenters. The monoisotopic (exact) mass is 246 g/mol. The number of hydrogen-bond acceptors (Lipinski definition) is 2. The van der Waals surface area contributed by atoms with Crippen molar-refractivity contribution in [3.8, 4) is 5.75 Å². The van der Waals surface area contributed by atoms with Gasteiger partial charge in [0.05, 0.1) is 17.5 Å². The van der Waals surface area contributed by atoms with Crippen LogP contribution in [0.3, 0.4) is 0 Å². The first kappa shape index (κ1) is 12.3. The summed E-state index contributed by atoms with van der Waals surface area (Å²) in [5.74, 6) is 0.268. The molecule has 0 radical (unpaired) electrons. The number of carbonyl (C=O) groups excluding carboxylic acids is 1. The average molecular weight is 247 g/mol. The lowest BCUT2D eigenvalue weighted by atomic mass is 10.1. The molecule has 82 valence electrons. The van der Waals surface area contributed by atoms with Crippen LogP contribution in [0, 0.1) is 0 Å². The van der Waals surface area contributed by atoms with Gasteiger partial charge in [-0.05, 0) is 32.0 Å². The lowest BCUT2D eigenvalue weighted by Gasteiger charge is -2.13. The van der Waals surface area contributed by atoms with Gasteiger partial charge in [0.1, 0.15) is 5.75 Å². The minimum atomic E-state index is -0.185. The van der Waals surface area contributed by atoms with E-state index in [1.165, 1.54) is 0 Å². The summed E-state index contributed by atoms with van der Waals surface area (Å²) in [5.41, 5.74) is 0.436. The molecule has 0 fully saturated rings. The van der Waals surface area contributed by atoms with Crippen molar-refractivity contribution >= 4 is 29.0 Å². The van der Waals surface area contributed by atoms with E-state index < -0.39 is 0 Å². The Bertz CT molecular complexity index is 362. The molecule has 0 unspecified atom stereocenters. The Morgan fingerprint density at radius 3 is 2.67 bits per heavy atom. The quantitative estimate of drug-likeness (QED) is 0.600. The Morgan fingerprint density at radius 1 is 1.47 bits per heavy atom. The van der Waals surface area contributed by atoms with Crippen LogP contribution in [0.25, 0.3) is 0 Å².